The van der Waals surface area contributed by atoms with Crippen LogP contribution < -0.4 is 5.32 Å². The predicted octanol–water partition coefficient (Wildman–Crippen LogP) is 3.36. The Morgan fingerprint density at radius 2 is 2.03 bits per heavy atom. The van der Waals surface area contributed by atoms with Crippen LogP contribution >= 0.6 is 0 Å². The SMILES string of the molecule is Cn1cc(CN2CCC(c3ccnc(Nc4cc(C(F)(F)F)ccn4)n3)C2)cn1. The summed E-state index contributed by atoms with van der Waals surface area (Å²) >= 11 is 0. The van der Waals surface area contributed by atoms with Crippen LogP contribution in [0.2, 0.25) is 0 Å². The molecule has 3 aromatic rings. The number of likely N-dealkylation sites (tertiary alicyclic amines) is 1. The minimum absolute atomic E-state index is 0.0570. The molecule has 1 unspecified atom stereocenters. The van der Waals surface area contributed by atoms with Gasteiger partial charge in [-0.3, -0.25) is 9.58 Å². The molecule has 10 heteroatoms. The fourth-order valence-corrected chi connectivity index (χ4v) is 3.48. The van der Waals surface area contributed by atoms with E-state index in [1.54, 1.807) is 10.9 Å². The molecule has 0 amide bonds. The number of aryl methyl sites for hydroxylation is 1. The first-order chi connectivity index (χ1) is 13.9. The Bertz CT molecular complexity index is 986. The third-order valence-corrected chi connectivity index (χ3v) is 4.86. The largest absolute Gasteiger partial charge is 0.416 e. The molecule has 1 N–H and O–H groups in total. The fourth-order valence-electron chi connectivity index (χ4n) is 3.48. The number of rotatable bonds is 5. The van der Waals surface area contributed by atoms with Gasteiger partial charge in [0.05, 0.1) is 17.5 Å². The lowest BCUT2D eigenvalue weighted by atomic mass is 10.1. The number of nitrogens with zero attached hydrogens (tertiary/aromatic N) is 6. The number of halogens is 3. The number of nitrogens with one attached hydrogen (secondary N) is 1. The van der Waals surface area contributed by atoms with Gasteiger partial charge in [0.1, 0.15) is 5.82 Å². The van der Waals surface area contributed by atoms with Crippen LogP contribution in [0.25, 0.3) is 0 Å². The Balaban J connectivity index is 1.43. The molecule has 0 aliphatic carbocycles. The molecule has 0 aromatic carbocycles. The summed E-state index contributed by atoms with van der Waals surface area (Å²) < 4.78 is 40.4. The Morgan fingerprint density at radius 1 is 1.21 bits per heavy atom. The molecule has 0 radical (unpaired) electrons. The lowest BCUT2D eigenvalue weighted by Gasteiger charge is -2.15. The van der Waals surface area contributed by atoms with Crippen LogP contribution in [0.1, 0.15) is 29.2 Å². The molecule has 0 bridgehead atoms. The standard InChI is InChI=1S/C19H20F3N7/c1-28-10-13(9-25-28)11-29-7-4-14(12-29)16-3-6-24-18(26-16)27-17-8-15(2-5-23-17)19(20,21)22/h2-3,5-6,8-10,14H,4,7,11-12H2,1H3,(H,23,24,26,27). The van der Waals surface area contributed by atoms with Crippen LogP contribution in [-0.2, 0) is 19.8 Å². The van der Waals surface area contributed by atoms with Gasteiger partial charge in [0.2, 0.25) is 5.95 Å². The van der Waals surface area contributed by atoms with Gasteiger partial charge in [0.15, 0.2) is 0 Å². The molecule has 1 fully saturated rings. The smallest absolute Gasteiger partial charge is 0.309 e. The van der Waals surface area contributed by atoms with E-state index in [4.69, 9.17) is 0 Å². The average Bonchev–Trinajstić information content (AvgIpc) is 3.31. The molecular weight excluding hydrogens is 383 g/mol. The molecule has 1 aliphatic rings. The highest BCUT2D eigenvalue weighted by molar-refractivity contribution is 5.49. The lowest BCUT2D eigenvalue weighted by Crippen LogP contribution is -2.19. The summed E-state index contributed by atoms with van der Waals surface area (Å²) in [5, 5.41) is 6.97. The van der Waals surface area contributed by atoms with Crippen LogP contribution in [0.3, 0.4) is 0 Å². The van der Waals surface area contributed by atoms with Gasteiger partial charge < -0.3 is 5.32 Å². The Labute approximate surface area is 165 Å². The summed E-state index contributed by atoms with van der Waals surface area (Å²) in [5.41, 5.74) is 1.25. The van der Waals surface area contributed by atoms with Crippen molar-refractivity contribution in [2.24, 2.45) is 7.05 Å². The predicted molar refractivity (Wildman–Crippen MR) is 100 cm³/mol. The zero-order valence-corrected chi connectivity index (χ0v) is 15.8. The van der Waals surface area contributed by atoms with Crippen molar-refractivity contribution in [2.75, 3.05) is 18.4 Å². The number of anilines is 2. The van der Waals surface area contributed by atoms with E-state index >= 15 is 0 Å². The van der Waals surface area contributed by atoms with Crippen LogP contribution in [0, 0.1) is 0 Å². The highest BCUT2D eigenvalue weighted by atomic mass is 19.4. The first kappa shape index (κ1) is 19.3. The Hall–Kier alpha value is -3.01. The molecule has 3 aromatic heterocycles. The number of aromatic nitrogens is 5. The van der Waals surface area contributed by atoms with Gasteiger partial charge in [-0.05, 0) is 31.2 Å². The normalized spacial score (nSPS) is 17.6. The second kappa shape index (κ2) is 7.78. The van der Waals surface area contributed by atoms with Crippen molar-refractivity contribution in [3.8, 4) is 0 Å². The maximum atomic E-state index is 12.9. The minimum Gasteiger partial charge on any atom is -0.309 e. The summed E-state index contributed by atoms with van der Waals surface area (Å²) in [6, 6.07) is 3.72. The van der Waals surface area contributed by atoms with Crippen LogP contribution in [-0.4, -0.2) is 42.7 Å². The summed E-state index contributed by atoms with van der Waals surface area (Å²) in [5.74, 6) is 0.534. The summed E-state index contributed by atoms with van der Waals surface area (Å²) in [6.07, 6.45) is 3.12. The Morgan fingerprint density at radius 3 is 2.79 bits per heavy atom. The van der Waals surface area contributed by atoms with Crippen molar-refractivity contribution in [1.29, 1.82) is 0 Å². The third-order valence-electron chi connectivity index (χ3n) is 4.86. The summed E-state index contributed by atoms with van der Waals surface area (Å²) in [6.45, 7) is 2.63. The van der Waals surface area contributed by atoms with Crippen molar-refractivity contribution in [3.05, 3.63) is 59.8 Å². The zero-order valence-electron chi connectivity index (χ0n) is 15.8. The molecule has 1 atom stereocenters. The first-order valence-corrected chi connectivity index (χ1v) is 9.20. The van der Waals surface area contributed by atoms with Crippen molar-refractivity contribution in [1.82, 2.24) is 29.6 Å². The fraction of sp³-hybridized carbons (Fsp3) is 0.368. The van der Waals surface area contributed by atoms with Crippen LogP contribution in [0.15, 0.2) is 43.0 Å². The highest BCUT2D eigenvalue weighted by Crippen LogP contribution is 2.31. The van der Waals surface area contributed by atoms with E-state index in [0.717, 1.165) is 55.6 Å². The van der Waals surface area contributed by atoms with E-state index in [1.165, 1.54) is 0 Å². The molecule has 7 nitrogen and oxygen atoms in total. The van der Waals surface area contributed by atoms with Gasteiger partial charge in [-0.15, -0.1) is 0 Å². The minimum atomic E-state index is -4.43. The van der Waals surface area contributed by atoms with Crippen molar-refractivity contribution in [2.45, 2.75) is 25.1 Å². The molecule has 4 rings (SSSR count). The van der Waals surface area contributed by atoms with E-state index < -0.39 is 11.7 Å². The summed E-state index contributed by atoms with van der Waals surface area (Å²) in [7, 11) is 1.89. The van der Waals surface area contributed by atoms with Gasteiger partial charge in [0, 0.05) is 50.2 Å². The molecule has 29 heavy (non-hydrogen) atoms. The molecule has 152 valence electrons. The van der Waals surface area contributed by atoms with E-state index in [0.29, 0.717) is 0 Å². The molecule has 1 aliphatic heterocycles. The van der Waals surface area contributed by atoms with Crippen molar-refractivity contribution < 1.29 is 13.2 Å². The second-order valence-corrected chi connectivity index (χ2v) is 7.10. The maximum absolute atomic E-state index is 12.9. The van der Waals surface area contributed by atoms with E-state index in [9.17, 15) is 13.2 Å². The third kappa shape index (κ3) is 4.70. The first-order valence-electron chi connectivity index (χ1n) is 9.20. The number of hydrogen-bond donors (Lipinski definition) is 1. The Kier molecular flexibility index (Phi) is 5.18. The van der Waals surface area contributed by atoms with E-state index in [1.807, 2.05) is 25.5 Å². The zero-order chi connectivity index (χ0) is 20.4. The topological polar surface area (TPSA) is 71.8 Å². The number of alkyl halides is 3. The highest BCUT2D eigenvalue weighted by Gasteiger charge is 2.31. The van der Waals surface area contributed by atoms with Gasteiger partial charge in [-0.2, -0.15) is 18.3 Å². The molecule has 0 saturated carbocycles. The van der Waals surface area contributed by atoms with Crippen molar-refractivity contribution >= 4 is 11.8 Å². The van der Waals surface area contributed by atoms with Gasteiger partial charge in [-0.1, -0.05) is 0 Å². The van der Waals surface area contributed by atoms with Crippen molar-refractivity contribution in [3.63, 3.8) is 0 Å². The molecule has 0 spiro atoms. The second-order valence-electron chi connectivity index (χ2n) is 7.10. The molecular formula is C19H20F3N7. The van der Waals surface area contributed by atoms with Gasteiger partial charge in [0.25, 0.3) is 0 Å². The van der Waals surface area contributed by atoms with Crippen LogP contribution in [0.4, 0.5) is 24.9 Å². The monoisotopic (exact) mass is 403 g/mol. The molecule has 1 saturated heterocycles. The average molecular weight is 403 g/mol. The summed E-state index contributed by atoms with van der Waals surface area (Å²) in [4.78, 5) is 14.9. The number of hydrogen-bond acceptors (Lipinski definition) is 6. The maximum Gasteiger partial charge on any atom is 0.416 e. The molecule has 4 heterocycles. The van der Waals surface area contributed by atoms with Crippen LogP contribution in [0.5, 0.6) is 0 Å². The quantitative estimate of drug-likeness (QED) is 0.705. The van der Waals surface area contributed by atoms with Gasteiger partial charge in [-0.25, -0.2) is 15.0 Å². The number of pyridine rings is 1. The van der Waals surface area contributed by atoms with Gasteiger partial charge >= 0.3 is 6.18 Å². The van der Waals surface area contributed by atoms with E-state index in [2.05, 4.69) is 30.3 Å². The lowest BCUT2D eigenvalue weighted by molar-refractivity contribution is -0.137. The van der Waals surface area contributed by atoms with E-state index in [-0.39, 0.29) is 17.7 Å².